The van der Waals surface area contributed by atoms with Crippen molar-refractivity contribution in [3.05, 3.63) is 11.1 Å². The van der Waals surface area contributed by atoms with Crippen molar-refractivity contribution in [3.8, 4) is 0 Å². The summed E-state index contributed by atoms with van der Waals surface area (Å²) >= 11 is 0. The maximum absolute atomic E-state index is 11.9. The molecule has 1 N–H and O–H groups in total. The van der Waals surface area contributed by atoms with Crippen LogP contribution in [-0.4, -0.2) is 39.0 Å². The Bertz CT molecular complexity index is 772. The fourth-order valence-corrected chi connectivity index (χ4v) is 16.4. The maximum Gasteiger partial charge on any atom is 0.201 e. The van der Waals surface area contributed by atoms with Gasteiger partial charge in [-0.1, -0.05) is 73.8 Å². The zero-order chi connectivity index (χ0) is 26.6. The fraction of sp³-hybridized carbons (Fsp3) is 0.933. The second-order valence-electron chi connectivity index (χ2n) is 14.9. The summed E-state index contributed by atoms with van der Waals surface area (Å²) in [6, 6.07) is 0. The molecule has 35 heavy (non-hydrogen) atoms. The van der Waals surface area contributed by atoms with Crippen molar-refractivity contribution in [2.45, 2.75) is 167 Å². The summed E-state index contributed by atoms with van der Waals surface area (Å²) in [7, 11) is -3.99. The molecule has 3 nitrogen and oxygen atoms in total. The average Bonchev–Trinajstić information content (AvgIpc) is 2.68. The van der Waals surface area contributed by atoms with Crippen LogP contribution in [-0.2, 0) is 8.85 Å². The molecular formula is C30H58O3Si2. The van der Waals surface area contributed by atoms with Gasteiger partial charge in [-0.15, -0.1) is 0 Å². The van der Waals surface area contributed by atoms with Gasteiger partial charge in [-0.25, -0.2) is 0 Å². The smallest absolute Gasteiger partial charge is 0.201 e. The minimum absolute atomic E-state index is 0.196. The van der Waals surface area contributed by atoms with E-state index in [-0.39, 0.29) is 16.6 Å². The number of allylic oxidation sites excluding steroid dienone is 1. The lowest BCUT2D eigenvalue weighted by atomic mass is 9.53. The van der Waals surface area contributed by atoms with E-state index >= 15 is 0 Å². The molecule has 0 amide bonds. The Balaban J connectivity index is 2.27. The van der Waals surface area contributed by atoms with E-state index in [2.05, 4.69) is 82.0 Å². The molecule has 2 saturated carbocycles. The number of rotatable bonds is 7. The van der Waals surface area contributed by atoms with Crippen LogP contribution in [0.1, 0.15) is 114 Å². The van der Waals surface area contributed by atoms with Crippen molar-refractivity contribution in [1.29, 1.82) is 0 Å². The van der Waals surface area contributed by atoms with Crippen LogP contribution >= 0.6 is 0 Å². The highest BCUT2D eigenvalue weighted by molar-refractivity contribution is 6.77. The SMILES string of the molecule is CC1=C2[C@@H](O)C[C@@H]3CCCC[C@@]3(O[Si](C(C)C)(C(C)C)C(C)C)C[C@@](O[Si](C)(C)C)(CC1)C2(C)C. The molecule has 0 aromatic rings. The standard InChI is InChI=1S/C30H58O3Si2/c1-21(2)35(22(3)4,23(5)6)32-29-17-14-13-15-25(29)19-26(31)27-24(7)16-18-30(20-29,28(27,8)9)33-34(10,11)12/h21-23,25-26,31H,13-20H2,1-12H3/t25-,26-,29+,30-/m0/s1. The van der Waals surface area contributed by atoms with Crippen LogP contribution in [0.25, 0.3) is 0 Å². The molecule has 0 heterocycles. The second-order valence-corrected chi connectivity index (χ2v) is 24.7. The Morgan fingerprint density at radius 2 is 1.46 bits per heavy atom. The summed E-state index contributed by atoms with van der Waals surface area (Å²) in [6.07, 6.45) is 8.30. The van der Waals surface area contributed by atoms with E-state index < -0.39 is 22.7 Å². The zero-order valence-electron chi connectivity index (χ0n) is 25.3. The Hall–Kier alpha value is 0.0538. The molecule has 2 fully saturated rings. The highest BCUT2D eigenvalue weighted by Crippen LogP contribution is 2.62. The van der Waals surface area contributed by atoms with E-state index in [0.717, 1.165) is 32.1 Å². The van der Waals surface area contributed by atoms with Gasteiger partial charge >= 0.3 is 0 Å². The first-order valence-electron chi connectivity index (χ1n) is 14.7. The van der Waals surface area contributed by atoms with Crippen molar-refractivity contribution in [2.75, 3.05) is 0 Å². The molecule has 5 heteroatoms. The van der Waals surface area contributed by atoms with E-state index in [1.165, 1.54) is 30.4 Å². The molecule has 0 unspecified atom stereocenters. The summed E-state index contributed by atoms with van der Waals surface area (Å²) < 4.78 is 15.3. The third-order valence-electron chi connectivity index (χ3n) is 10.3. The lowest BCUT2D eigenvalue weighted by Crippen LogP contribution is -2.66. The van der Waals surface area contributed by atoms with Crippen LogP contribution in [0.5, 0.6) is 0 Å². The average molecular weight is 523 g/mol. The largest absolute Gasteiger partial charge is 0.411 e. The van der Waals surface area contributed by atoms with Crippen LogP contribution in [0, 0.1) is 11.3 Å². The molecule has 2 bridgehead atoms. The minimum atomic E-state index is -2.12. The quantitative estimate of drug-likeness (QED) is 0.268. The van der Waals surface area contributed by atoms with Crippen LogP contribution in [0.2, 0.25) is 36.3 Å². The molecular weight excluding hydrogens is 464 g/mol. The number of aliphatic hydroxyl groups excluding tert-OH is 1. The number of hydrogen-bond acceptors (Lipinski definition) is 3. The van der Waals surface area contributed by atoms with E-state index in [9.17, 15) is 5.11 Å². The van der Waals surface area contributed by atoms with Crippen LogP contribution in [0.3, 0.4) is 0 Å². The maximum atomic E-state index is 11.9. The van der Waals surface area contributed by atoms with Crippen molar-refractivity contribution < 1.29 is 14.0 Å². The number of aliphatic hydroxyl groups is 1. The third-order valence-corrected chi connectivity index (χ3v) is 17.5. The molecule has 204 valence electrons. The molecule has 4 atom stereocenters. The molecule has 3 rings (SSSR count). The van der Waals surface area contributed by atoms with E-state index in [0.29, 0.717) is 22.5 Å². The predicted octanol–water partition coefficient (Wildman–Crippen LogP) is 8.99. The molecule has 0 aromatic heterocycles. The molecule has 0 spiro atoms. The lowest BCUT2D eigenvalue weighted by molar-refractivity contribution is -0.156. The number of fused-ring (bicyclic) bond motifs is 3. The van der Waals surface area contributed by atoms with Gasteiger partial charge in [0.25, 0.3) is 0 Å². The van der Waals surface area contributed by atoms with Crippen molar-refractivity contribution in [3.63, 3.8) is 0 Å². The van der Waals surface area contributed by atoms with Gasteiger partial charge in [-0.2, -0.15) is 0 Å². The minimum Gasteiger partial charge on any atom is -0.411 e. The second kappa shape index (κ2) is 9.98. The molecule has 0 saturated heterocycles. The Labute approximate surface area is 220 Å². The predicted molar refractivity (Wildman–Crippen MR) is 155 cm³/mol. The van der Waals surface area contributed by atoms with Gasteiger partial charge in [0.05, 0.1) is 17.3 Å². The molecule has 0 aliphatic heterocycles. The zero-order valence-corrected chi connectivity index (χ0v) is 27.3. The van der Waals surface area contributed by atoms with Gasteiger partial charge < -0.3 is 14.0 Å². The van der Waals surface area contributed by atoms with Crippen LogP contribution < -0.4 is 0 Å². The molecule has 0 radical (unpaired) electrons. The highest BCUT2D eigenvalue weighted by atomic mass is 28.4. The van der Waals surface area contributed by atoms with Gasteiger partial charge in [-0.05, 0) is 86.8 Å². The summed E-state index contributed by atoms with van der Waals surface area (Å²) in [4.78, 5) is 0. The first-order chi connectivity index (χ1) is 15.9. The van der Waals surface area contributed by atoms with Gasteiger partial charge in [0, 0.05) is 11.8 Å². The van der Waals surface area contributed by atoms with E-state index in [1.807, 2.05) is 0 Å². The van der Waals surface area contributed by atoms with Crippen LogP contribution in [0.4, 0.5) is 0 Å². The first-order valence-corrected chi connectivity index (χ1v) is 20.3. The van der Waals surface area contributed by atoms with E-state index in [4.69, 9.17) is 8.85 Å². The Kier molecular flexibility index (Phi) is 8.44. The Morgan fingerprint density at radius 1 is 0.886 bits per heavy atom. The van der Waals surface area contributed by atoms with Gasteiger partial charge in [-0.3, -0.25) is 0 Å². The fourth-order valence-electron chi connectivity index (χ4n) is 9.02. The monoisotopic (exact) mass is 522 g/mol. The third kappa shape index (κ3) is 5.07. The van der Waals surface area contributed by atoms with Crippen molar-refractivity contribution >= 4 is 16.6 Å². The molecule has 3 aliphatic rings. The summed E-state index contributed by atoms with van der Waals surface area (Å²) in [6.45, 7) is 28.6. The summed E-state index contributed by atoms with van der Waals surface area (Å²) in [5.41, 5.74) is 3.66. The summed E-state index contributed by atoms with van der Waals surface area (Å²) in [5, 5.41) is 11.9. The number of hydrogen-bond donors (Lipinski definition) is 1. The lowest BCUT2D eigenvalue weighted by Gasteiger charge is -2.63. The highest BCUT2D eigenvalue weighted by Gasteiger charge is 2.63. The topological polar surface area (TPSA) is 38.7 Å². The normalized spacial score (nSPS) is 34.3. The van der Waals surface area contributed by atoms with Gasteiger partial charge in [0.1, 0.15) is 0 Å². The Morgan fingerprint density at radius 3 is 1.97 bits per heavy atom. The van der Waals surface area contributed by atoms with Gasteiger partial charge in [0.2, 0.25) is 8.32 Å². The van der Waals surface area contributed by atoms with Crippen molar-refractivity contribution in [1.82, 2.24) is 0 Å². The molecule has 0 aromatic carbocycles. The van der Waals surface area contributed by atoms with E-state index in [1.54, 1.807) is 0 Å². The first kappa shape index (κ1) is 29.6. The van der Waals surface area contributed by atoms with Crippen LogP contribution in [0.15, 0.2) is 11.1 Å². The summed E-state index contributed by atoms with van der Waals surface area (Å²) in [5.74, 6) is 0.399. The van der Waals surface area contributed by atoms with Crippen molar-refractivity contribution in [2.24, 2.45) is 11.3 Å². The molecule has 3 aliphatic carbocycles. The van der Waals surface area contributed by atoms with Gasteiger partial charge in [0.15, 0.2) is 8.32 Å².